The SMILES string of the molecule is CNC(=O)c1cccc(NC(=O)C2(C)CC(C)=NO2)c1C. The zero-order valence-electron chi connectivity index (χ0n) is 12.6. The van der Waals surface area contributed by atoms with Gasteiger partial charge in [-0.1, -0.05) is 11.2 Å². The van der Waals surface area contributed by atoms with E-state index in [0.29, 0.717) is 23.2 Å². The highest BCUT2D eigenvalue weighted by atomic mass is 16.7. The standard InChI is InChI=1S/C15H19N3O3/c1-9-8-15(3,21-18-9)14(20)17-12-7-5-6-11(10(12)2)13(19)16-4/h5-7H,8H2,1-4H3,(H,16,19)(H,17,20). The van der Waals surface area contributed by atoms with E-state index in [-0.39, 0.29) is 11.8 Å². The van der Waals surface area contributed by atoms with Gasteiger partial charge in [-0.05, 0) is 38.5 Å². The summed E-state index contributed by atoms with van der Waals surface area (Å²) in [7, 11) is 1.57. The van der Waals surface area contributed by atoms with Crippen molar-refractivity contribution in [2.75, 3.05) is 12.4 Å². The maximum absolute atomic E-state index is 12.4. The van der Waals surface area contributed by atoms with E-state index in [2.05, 4.69) is 15.8 Å². The fourth-order valence-corrected chi connectivity index (χ4v) is 2.26. The van der Waals surface area contributed by atoms with Crippen LogP contribution in [0.25, 0.3) is 0 Å². The third-order valence-electron chi connectivity index (χ3n) is 3.53. The first-order valence-electron chi connectivity index (χ1n) is 6.72. The summed E-state index contributed by atoms with van der Waals surface area (Å²) in [6.45, 7) is 5.30. The van der Waals surface area contributed by atoms with Crippen molar-refractivity contribution in [2.24, 2.45) is 5.16 Å². The fraction of sp³-hybridized carbons (Fsp3) is 0.400. The van der Waals surface area contributed by atoms with Crippen LogP contribution < -0.4 is 10.6 Å². The molecule has 2 N–H and O–H groups in total. The molecule has 6 nitrogen and oxygen atoms in total. The molecule has 1 atom stereocenters. The van der Waals surface area contributed by atoms with E-state index in [1.54, 1.807) is 39.1 Å². The predicted molar refractivity (Wildman–Crippen MR) is 80.4 cm³/mol. The predicted octanol–water partition coefficient (Wildman–Crippen LogP) is 1.85. The van der Waals surface area contributed by atoms with E-state index >= 15 is 0 Å². The second-order valence-corrected chi connectivity index (χ2v) is 5.34. The summed E-state index contributed by atoms with van der Waals surface area (Å²) in [4.78, 5) is 29.4. The van der Waals surface area contributed by atoms with Crippen LogP contribution in [0, 0.1) is 6.92 Å². The quantitative estimate of drug-likeness (QED) is 0.891. The van der Waals surface area contributed by atoms with Gasteiger partial charge in [-0.3, -0.25) is 9.59 Å². The molecule has 0 spiro atoms. The Hall–Kier alpha value is -2.37. The summed E-state index contributed by atoms with van der Waals surface area (Å²) >= 11 is 0. The van der Waals surface area contributed by atoms with Gasteiger partial charge in [-0.2, -0.15) is 0 Å². The lowest BCUT2D eigenvalue weighted by Gasteiger charge is -2.21. The van der Waals surface area contributed by atoms with Crippen LogP contribution in [0.1, 0.15) is 36.2 Å². The van der Waals surface area contributed by atoms with Gasteiger partial charge in [0.15, 0.2) is 0 Å². The molecule has 0 saturated heterocycles. The van der Waals surface area contributed by atoms with Crippen LogP contribution >= 0.6 is 0 Å². The maximum Gasteiger partial charge on any atom is 0.271 e. The Morgan fingerprint density at radius 1 is 1.33 bits per heavy atom. The average Bonchev–Trinajstić information content (AvgIpc) is 2.81. The molecule has 1 heterocycles. The van der Waals surface area contributed by atoms with Crippen molar-refractivity contribution < 1.29 is 14.4 Å². The van der Waals surface area contributed by atoms with Crippen LogP contribution in [-0.4, -0.2) is 30.2 Å². The molecule has 1 aromatic rings. The molecule has 1 unspecified atom stereocenters. The summed E-state index contributed by atoms with van der Waals surface area (Å²) in [5.74, 6) is -0.466. The highest BCUT2D eigenvalue weighted by Gasteiger charge is 2.40. The topological polar surface area (TPSA) is 79.8 Å². The van der Waals surface area contributed by atoms with Gasteiger partial charge in [0.2, 0.25) is 5.60 Å². The van der Waals surface area contributed by atoms with Gasteiger partial charge in [-0.15, -0.1) is 0 Å². The number of rotatable bonds is 3. The first-order valence-corrected chi connectivity index (χ1v) is 6.72. The van der Waals surface area contributed by atoms with Crippen molar-refractivity contribution in [3.63, 3.8) is 0 Å². The molecule has 0 saturated carbocycles. The van der Waals surface area contributed by atoms with Crippen molar-refractivity contribution in [1.82, 2.24) is 5.32 Å². The van der Waals surface area contributed by atoms with Gasteiger partial charge in [0.05, 0.1) is 5.71 Å². The molecule has 1 aromatic carbocycles. The molecule has 0 radical (unpaired) electrons. The Morgan fingerprint density at radius 2 is 2.05 bits per heavy atom. The number of nitrogens with one attached hydrogen (secondary N) is 2. The summed E-state index contributed by atoms with van der Waals surface area (Å²) in [5.41, 5.74) is 1.61. The lowest BCUT2D eigenvalue weighted by molar-refractivity contribution is -0.135. The first kappa shape index (κ1) is 15.0. The van der Waals surface area contributed by atoms with Crippen LogP contribution in [-0.2, 0) is 9.63 Å². The molecule has 0 aliphatic carbocycles. The van der Waals surface area contributed by atoms with Crippen LogP contribution in [0.15, 0.2) is 23.4 Å². The summed E-state index contributed by atoms with van der Waals surface area (Å²) in [6, 6.07) is 5.20. The van der Waals surface area contributed by atoms with Crippen molar-refractivity contribution >= 4 is 23.2 Å². The van der Waals surface area contributed by atoms with Crippen LogP contribution in [0.5, 0.6) is 0 Å². The lowest BCUT2D eigenvalue weighted by Crippen LogP contribution is -2.40. The van der Waals surface area contributed by atoms with Crippen molar-refractivity contribution in [2.45, 2.75) is 32.8 Å². The Bertz CT molecular complexity index is 625. The number of amides is 2. The molecule has 0 bridgehead atoms. The van der Waals surface area contributed by atoms with Crippen LogP contribution in [0.2, 0.25) is 0 Å². The van der Waals surface area contributed by atoms with Gasteiger partial charge >= 0.3 is 0 Å². The summed E-state index contributed by atoms with van der Waals surface area (Å²) in [6.07, 6.45) is 0.451. The minimum absolute atomic E-state index is 0.189. The highest BCUT2D eigenvalue weighted by molar-refractivity contribution is 6.03. The highest BCUT2D eigenvalue weighted by Crippen LogP contribution is 2.26. The number of hydrogen-bond donors (Lipinski definition) is 2. The van der Waals surface area contributed by atoms with Gasteiger partial charge in [0.1, 0.15) is 0 Å². The van der Waals surface area contributed by atoms with Crippen molar-refractivity contribution in [3.8, 4) is 0 Å². The summed E-state index contributed by atoms with van der Waals surface area (Å²) in [5, 5.41) is 9.22. The van der Waals surface area contributed by atoms with Crippen molar-refractivity contribution in [1.29, 1.82) is 0 Å². The maximum atomic E-state index is 12.4. The second-order valence-electron chi connectivity index (χ2n) is 5.34. The van der Waals surface area contributed by atoms with E-state index in [1.807, 2.05) is 6.92 Å². The molecule has 1 aliphatic rings. The molecular weight excluding hydrogens is 270 g/mol. The molecule has 2 rings (SSSR count). The second kappa shape index (κ2) is 5.55. The normalized spacial score (nSPS) is 20.5. The zero-order valence-corrected chi connectivity index (χ0v) is 12.6. The number of nitrogens with zero attached hydrogens (tertiary/aromatic N) is 1. The van der Waals surface area contributed by atoms with Gasteiger partial charge in [0, 0.05) is 24.7 Å². The lowest BCUT2D eigenvalue weighted by atomic mass is 9.98. The average molecular weight is 289 g/mol. The minimum Gasteiger partial charge on any atom is -0.379 e. The Labute approximate surface area is 123 Å². The Kier molecular flexibility index (Phi) is 3.97. The largest absolute Gasteiger partial charge is 0.379 e. The minimum atomic E-state index is -1.00. The van der Waals surface area contributed by atoms with E-state index in [0.717, 1.165) is 5.71 Å². The van der Waals surface area contributed by atoms with Gasteiger partial charge in [-0.25, -0.2) is 0 Å². The van der Waals surface area contributed by atoms with E-state index in [9.17, 15) is 9.59 Å². The molecule has 21 heavy (non-hydrogen) atoms. The monoisotopic (exact) mass is 289 g/mol. The number of oxime groups is 1. The number of carbonyl (C=O) groups excluding carboxylic acids is 2. The van der Waals surface area contributed by atoms with Crippen molar-refractivity contribution in [3.05, 3.63) is 29.3 Å². The van der Waals surface area contributed by atoms with Gasteiger partial charge in [0.25, 0.3) is 11.8 Å². The Balaban J connectivity index is 2.21. The molecule has 6 heteroatoms. The smallest absolute Gasteiger partial charge is 0.271 e. The molecule has 0 aromatic heterocycles. The number of benzene rings is 1. The molecule has 112 valence electrons. The molecule has 1 aliphatic heterocycles. The van der Waals surface area contributed by atoms with E-state index < -0.39 is 5.60 Å². The number of carbonyl (C=O) groups is 2. The third kappa shape index (κ3) is 2.89. The Morgan fingerprint density at radius 3 is 2.62 bits per heavy atom. The van der Waals surface area contributed by atoms with Crippen LogP contribution in [0.4, 0.5) is 5.69 Å². The third-order valence-corrected chi connectivity index (χ3v) is 3.53. The summed E-state index contributed by atoms with van der Waals surface area (Å²) < 4.78 is 0. The number of hydrogen-bond acceptors (Lipinski definition) is 4. The zero-order chi connectivity index (χ0) is 15.6. The van der Waals surface area contributed by atoms with E-state index in [1.165, 1.54) is 0 Å². The number of anilines is 1. The first-order chi connectivity index (χ1) is 9.87. The van der Waals surface area contributed by atoms with E-state index in [4.69, 9.17) is 4.84 Å². The molecule has 0 fully saturated rings. The fourth-order valence-electron chi connectivity index (χ4n) is 2.26. The van der Waals surface area contributed by atoms with Gasteiger partial charge < -0.3 is 15.5 Å². The molecular formula is C15H19N3O3. The van der Waals surface area contributed by atoms with Crippen LogP contribution in [0.3, 0.4) is 0 Å². The molecule has 2 amide bonds.